The molecule has 0 N–H and O–H groups in total. The highest BCUT2D eigenvalue weighted by atomic mass is 14.8. The summed E-state index contributed by atoms with van der Waals surface area (Å²) >= 11 is 0. The van der Waals surface area contributed by atoms with Crippen LogP contribution >= 0.6 is 0 Å². The first-order chi connectivity index (χ1) is 27.3. The van der Waals surface area contributed by atoms with Gasteiger partial charge >= 0.3 is 0 Å². The molecule has 10 aromatic rings. The van der Waals surface area contributed by atoms with Crippen molar-refractivity contribution < 1.29 is 0 Å². The van der Waals surface area contributed by atoms with Crippen molar-refractivity contribution in [2.24, 2.45) is 4.99 Å². The first-order valence-corrected chi connectivity index (χ1v) is 19.2. The predicted molar refractivity (Wildman–Crippen MR) is 233 cm³/mol. The summed E-state index contributed by atoms with van der Waals surface area (Å²) in [4.78, 5) is 5.39. The SMILES string of the molecule is c1ccc2c(c1)C1=Nc3cc(-c4ccc5c(-c6ccc7ccccc7c6)c6ccccc6c(-c6ccc7ccccc7c6)c5c4)ccc3[C@@H]1c1ccccc1-2. The van der Waals surface area contributed by atoms with Crippen molar-refractivity contribution in [3.05, 3.63) is 211 Å². The predicted octanol–water partition coefficient (Wildman–Crippen LogP) is 14.5. The van der Waals surface area contributed by atoms with E-state index in [0.29, 0.717) is 0 Å². The summed E-state index contributed by atoms with van der Waals surface area (Å²) in [5.74, 6) is 0.141. The first kappa shape index (κ1) is 30.4. The van der Waals surface area contributed by atoms with Crippen LogP contribution in [0.2, 0.25) is 0 Å². The molecule has 0 aromatic heterocycles. The minimum Gasteiger partial charge on any atom is -0.251 e. The lowest BCUT2D eigenvalue weighted by molar-refractivity contribution is 1.10. The van der Waals surface area contributed by atoms with Crippen LogP contribution in [0.1, 0.15) is 22.6 Å². The van der Waals surface area contributed by atoms with Gasteiger partial charge in [-0.15, -0.1) is 0 Å². The molecule has 1 aliphatic heterocycles. The minimum atomic E-state index is 0.141. The quantitative estimate of drug-likeness (QED) is 0.163. The number of benzene rings is 10. The lowest BCUT2D eigenvalue weighted by Gasteiger charge is -2.26. The second kappa shape index (κ2) is 11.7. The zero-order chi connectivity index (χ0) is 36.0. The molecule has 0 radical (unpaired) electrons. The topological polar surface area (TPSA) is 12.4 Å². The standard InChI is InChI=1S/C54H33N/c1-3-13-35-29-39(23-21-33(35)11-1)51-44-18-8-9-19-45(44)52(40-24-22-34-12-2-4-14-36(34)30-40)49-31-37(25-27-46(49)51)38-26-28-48-50(32-38)55-54-47-20-10-6-16-42(47)41-15-5-7-17-43(41)53(48)54/h1-32,53H/t53-/m0/s1. The Labute approximate surface area is 319 Å². The van der Waals surface area contributed by atoms with E-state index in [1.54, 1.807) is 0 Å². The molecule has 254 valence electrons. The molecule has 2 aliphatic rings. The highest BCUT2D eigenvalue weighted by Crippen LogP contribution is 2.51. The van der Waals surface area contributed by atoms with Gasteiger partial charge in [-0.25, -0.2) is 0 Å². The molecule has 10 aromatic carbocycles. The van der Waals surface area contributed by atoms with Gasteiger partial charge in [-0.1, -0.05) is 170 Å². The van der Waals surface area contributed by atoms with E-state index in [1.807, 2.05) is 0 Å². The van der Waals surface area contributed by atoms with Gasteiger partial charge in [0.2, 0.25) is 0 Å². The maximum atomic E-state index is 5.39. The number of nitrogens with zero attached hydrogens (tertiary/aromatic N) is 1. The Morgan fingerprint density at radius 2 is 0.818 bits per heavy atom. The van der Waals surface area contributed by atoms with E-state index >= 15 is 0 Å². The van der Waals surface area contributed by atoms with Gasteiger partial charge in [-0.2, -0.15) is 0 Å². The van der Waals surface area contributed by atoms with Gasteiger partial charge in [0.15, 0.2) is 0 Å². The van der Waals surface area contributed by atoms with Crippen LogP contribution in [0.25, 0.3) is 87.6 Å². The van der Waals surface area contributed by atoms with E-state index in [4.69, 9.17) is 4.99 Å². The van der Waals surface area contributed by atoms with E-state index in [9.17, 15) is 0 Å². The van der Waals surface area contributed by atoms with Crippen LogP contribution in [0.3, 0.4) is 0 Å². The molecule has 1 heterocycles. The van der Waals surface area contributed by atoms with E-state index in [-0.39, 0.29) is 5.92 Å². The molecule has 12 rings (SSSR count). The molecule has 1 nitrogen and oxygen atoms in total. The molecule has 0 unspecified atom stereocenters. The van der Waals surface area contributed by atoms with Gasteiger partial charge in [0, 0.05) is 5.56 Å². The van der Waals surface area contributed by atoms with Crippen molar-refractivity contribution in [3.63, 3.8) is 0 Å². The molecular weight excluding hydrogens is 663 g/mol. The number of hydrogen-bond acceptors (Lipinski definition) is 1. The van der Waals surface area contributed by atoms with Crippen LogP contribution in [-0.4, -0.2) is 5.71 Å². The van der Waals surface area contributed by atoms with Crippen molar-refractivity contribution in [1.82, 2.24) is 0 Å². The molecule has 1 heteroatoms. The zero-order valence-electron chi connectivity index (χ0n) is 30.0. The second-order valence-electron chi connectivity index (χ2n) is 15.0. The van der Waals surface area contributed by atoms with Crippen molar-refractivity contribution in [1.29, 1.82) is 0 Å². The van der Waals surface area contributed by atoms with Gasteiger partial charge in [0.25, 0.3) is 0 Å². The zero-order valence-corrected chi connectivity index (χ0v) is 30.0. The van der Waals surface area contributed by atoms with Crippen LogP contribution in [-0.2, 0) is 0 Å². The summed E-state index contributed by atoms with van der Waals surface area (Å²) in [6.07, 6.45) is 0. The van der Waals surface area contributed by atoms with Gasteiger partial charge in [0.05, 0.1) is 17.3 Å². The third-order valence-electron chi connectivity index (χ3n) is 12.1. The number of hydrogen-bond donors (Lipinski definition) is 0. The highest BCUT2D eigenvalue weighted by molar-refractivity contribution is 6.23. The summed E-state index contributed by atoms with van der Waals surface area (Å²) in [5, 5.41) is 10.0. The summed E-state index contributed by atoms with van der Waals surface area (Å²) in [5.41, 5.74) is 16.0. The summed E-state index contributed by atoms with van der Waals surface area (Å²) in [6.45, 7) is 0. The van der Waals surface area contributed by atoms with Gasteiger partial charge in [-0.3, -0.25) is 4.99 Å². The summed E-state index contributed by atoms with van der Waals surface area (Å²) in [7, 11) is 0. The molecule has 0 spiro atoms. The Balaban J connectivity index is 1.10. The van der Waals surface area contributed by atoms with E-state index in [1.165, 1.54) is 104 Å². The molecule has 0 fully saturated rings. The fourth-order valence-corrected chi connectivity index (χ4v) is 9.54. The van der Waals surface area contributed by atoms with Crippen molar-refractivity contribution in [2.45, 2.75) is 5.92 Å². The Morgan fingerprint density at radius 3 is 1.53 bits per heavy atom. The van der Waals surface area contributed by atoms with Gasteiger partial charge in [-0.05, 0) is 123 Å². The highest BCUT2D eigenvalue weighted by Gasteiger charge is 2.36. The Morgan fingerprint density at radius 1 is 0.309 bits per heavy atom. The Bertz CT molecular complexity index is 3270. The second-order valence-corrected chi connectivity index (χ2v) is 15.0. The number of fused-ring (bicyclic) bond motifs is 12. The smallest absolute Gasteiger partial charge is 0.0682 e. The molecular formula is C54H33N. The van der Waals surface area contributed by atoms with Crippen LogP contribution in [0.15, 0.2) is 199 Å². The van der Waals surface area contributed by atoms with E-state index < -0.39 is 0 Å². The van der Waals surface area contributed by atoms with Crippen molar-refractivity contribution in [3.8, 4) is 44.5 Å². The van der Waals surface area contributed by atoms with Crippen LogP contribution in [0.4, 0.5) is 5.69 Å². The largest absolute Gasteiger partial charge is 0.251 e. The van der Waals surface area contributed by atoms with E-state index in [2.05, 4.69) is 194 Å². The Hall–Kier alpha value is -7.09. The maximum Gasteiger partial charge on any atom is 0.0682 e. The van der Waals surface area contributed by atoms with Crippen LogP contribution < -0.4 is 0 Å². The lowest BCUT2D eigenvalue weighted by Crippen LogP contribution is -2.18. The molecule has 0 amide bonds. The number of rotatable bonds is 3. The minimum absolute atomic E-state index is 0.141. The van der Waals surface area contributed by atoms with Crippen LogP contribution in [0.5, 0.6) is 0 Å². The average Bonchev–Trinajstić information content (AvgIpc) is 3.64. The van der Waals surface area contributed by atoms with E-state index in [0.717, 1.165) is 11.4 Å². The van der Waals surface area contributed by atoms with Gasteiger partial charge in [0.1, 0.15) is 0 Å². The summed E-state index contributed by atoms with van der Waals surface area (Å²) in [6, 6.07) is 71.8. The average molecular weight is 696 g/mol. The van der Waals surface area contributed by atoms with Gasteiger partial charge < -0.3 is 0 Å². The monoisotopic (exact) mass is 695 g/mol. The maximum absolute atomic E-state index is 5.39. The number of aliphatic imine (C=N–C) groups is 1. The normalized spacial score (nSPS) is 14.1. The lowest BCUT2D eigenvalue weighted by atomic mass is 9.75. The third-order valence-corrected chi connectivity index (χ3v) is 12.1. The molecule has 1 atom stereocenters. The molecule has 0 bridgehead atoms. The molecule has 1 aliphatic carbocycles. The fourth-order valence-electron chi connectivity index (χ4n) is 9.54. The first-order valence-electron chi connectivity index (χ1n) is 19.2. The molecule has 55 heavy (non-hydrogen) atoms. The fraction of sp³-hybridized carbons (Fsp3) is 0.0185. The Kier molecular flexibility index (Phi) is 6.47. The molecule has 0 saturated carbocycles. The van der Waals surface area contributed by atoms with Crippen molar-refractivity contribution in [2.75, 3.05) is 0 Å². The summed E-state index contributed by atoms with van der Waals surface area (Å²) < 4.78 is 0. The molecule has 0 saturated heterocycles. The van der Waals surface area contributed by atoms with Crippen LogP contribution in [0, 0.1) is 0 Å². The van der Waals surface area contributed by atoms with Crippen molar-refractivity contribution >= 4 is 54.5 Å². The third kappa shape index (κ3) is 4.57.